The standard InChI is InChI=1S/C13H15N3O3/c1-18-9-3-4-12(19-2)10(6-9)11-5-8(7-14)13(17)16-15-11/h3-6H,7,14H2,1-2H3,(H,16,17). The van der Waals surface area contributed by atoms with Crippen LogP contribution < -0.4 is 20.8 Å². The normalized spacial score (nSPS) is 10.3. The fourth-order valence-electron chi connectivity index (χ4n) is 1.75. The first-order chi connectivity index (χ1) is 9.19. The van der Waals surface area contributed by atoms with Gasteiger partial charge in [0.15, 0.2) is 0 Å². The van der Waals surface area contributed by atoms with Gasteiger partial charge in [0.2, 0.25) is 0 Å². The molecule has 0 saturated heterocycles. The monoisotopic (exact) mass is 261 g/mol. The minimum absolute atomic E-state index is 0.150. The molecule has 100 valence electrons. The van der Waals surface area contributed by atoms with Gasteiger partial charge in [0.05, 0.1) is 19.9 Å². The van der Waals surface area contributed by atoms with E-state index in [1.165, 1.54) is 0 Å². The maximum atomic E-state index is 11.5. The molecule has 0 atom stereocenters. The Kier molecular flexibility index (Phi) is 3.82. The van der Waals surface area contributed by atoms with E-state index in [0.717, 1.165) is 5.56 Å². The maximum Gasteiger partial charge on any atom is 0.268 e. The van der Waals surface area contributed by atoms with Crippen LogP contribution in [0.15, 0.2) is 29.1 Å². The smallest absolute Gasteiger partial charge is 0.268 e. The van der Waals surface area contributed by atoms with Crippen molar-refractivity contribution in [3.63, 3.8) is 0 Å². The molecule has 0 aliphatic heterocycles. The van der Waals surface area contributed by atoms with E-state index in [-0.39, 0.29) is 12.1 Å². The molecule has 0 aliphatic rings. The highest BCUT2D eigenvalue weighted by molar-refractivity contribution is 5.69. The van der Waals surface area contributed by atoms with Gasteiger partial charge < -0.3 is 15.2 Å². The quantitative estimate of drug-likeness (QED) is 0.853. The first-order valence-corrected chi connectivity index (χ1v) is 5.70. The van der Waals surface area contributed by atoms with Gasteiger partial charge in [-0.2, -0.15) is 5.10 Å². The number of nitrogens with one attached hydrogen (secondary N) is 1. The molecule has 0 spiro atoms. The van der Waals surface area contributed by atoms with Crippen LogP contribution in [0.25, 0.3) is 11.3 Å². The van der Waals surface area contributed by atoms with Crippen LogP contribution >= 0.6 is 0 Å². The molecule has 1 aromatic heterocycles. The fraction of sp³-hybridized carbons (Fsp3) is 0.231. The number of aromatic nitrogens is 2. The van der Waals surface area contributed by atoms with Gasteiger partial charge >= 0.3 is 0 Å². The Bertz CT molecular complexity index is 637. The SMILES string of the molecule is COc1ccc(OC)c(-c2cc(CN)c(=O)[nH]n2)c1. The van der Waals surface area contributed by atoms with Crippen LogP contribution in [0.2, 0.25) is 0 Å². The highest BCUT2D eigenvalue weighted by Crippen LogP contribution is 2.31. The molecular weight excluding hydrogens is 246 g/mol. The topological polar surface area (TPSA) is 90.2 Å². The number of nitrogens with zero attached hydrogens (tertiary/aromatic N) is 1. The largest absolute Gasteiger partial charge is 0.497 e. The molecule has 0 radical (unpaired) electrons. The molecule has 0 saturated carbocycles. The molecule has 1 heterocycles. The molecule has 2 aromatic rings. The third-order valence-electron chi connectivity index (χ3n) is 2.78. The van der Waals surface area contributed by atoms with Gasteiger partial charge in [-0.25, -0.2) is 5.10 Å². The lowest BCUT2D eigenvalue weighted by atomic mass is 10.1. The zero-order valence-corrected chi connectivity index (χ0v) is 10.8. The Labute approximate surface area is 110 Å². The molecule has 0 unspecified atom stereocenters. The predicted molar refractivity (Wildman–Crippen MR) is 71.3 cm³/mol. The Morgan fingerprint density at radius 1 is 1.26 bits per heavy atom. The Hall–Kier alpha value is -2.34. The van der Waals surface area contributed by atoms with Gasteiger partial charge in [0, 0.05) is 17.7 Å². The van der Waals surface area contributed by atoms with E-state index >= 15 is 0 Å². The molecule has 0 fully saturated rings. The third kappa shape index (κ3) is 2.58. The van der Waals surface area contributed by atoms with E-state index in [1.807, 2.05) is 0 Å². The molecule has 6 heteroatoms. The molecular formula is C13H15N3O3. The van der Waals surface area contributed by atoms with Crippen LogP contribution in [0.3, 0.4) is 0 Å². The first kappa shape index (κ1) is 13.1. The lowest BCUT2D eigenvalue weighted by molar-refractivity contribution is 0.404. The molecule has 19 heavy (non-hydrogen) atoms. The van der Waals surface area contributed by atoms with Crippen molar-refractivity contribution in [1.29, 1.82) is 0 Å². The summed E-state index contributed by atoms with van der Waals surface area (Å²) in [7, 11) is 3.15. The summed E-state index contributed by atoms with van der Waals surface area (Å²) in [6.45, 7) is 0.150. The number of hydrogen-bond donors (Lipinski definition) is 2. The molecule has 0 bridgehead atoms. The van der Waals surface area contributed by atoms with Crippen molar-refractivity contribution in [3.8, 4) is 22.8 Å². The summed E-state index contributed by atoms with van der Waals surface area (Å²) in [4.78, 5) is 11.5. The van der Waals surface area contributed by atoms with Crippen LogP contribution in [-0.4, -0.2) is 24.4 Å². The lowest BCUT2D eigenvalue weighted by Gasteiger charge is -2.10. The molecule has 0 aliphatic carbocycles. The number of aromatic amines is 1. The summed E-state index contributed by atoms with van der Waals surface area (Å²) >= 11 is 0. The fourth-order valence-corrected chi connectivity index (χ4v) is 1.75. The van der Waals surface area contributed by atoms with Crippen LogP contribution in [0.4, 0.5) is 0 Å². The number of H-pyrrole nitrogens is 1. The van der Waals surface area contributed by atoms with Crippen molar-refractivity contribution in [2.45, 2.75) is 6.54 Å². The molecule has 6 nitrogen and oxygen atoms in total. The number of ether oxygens (including phenoxy) is 2. The number of benzene rings is 1. The lowest BCUT2D eigenvalue weighted by Crippen LogP contribution is -2.17. The maximum absolute atomic E-state index is 11.5. The third-order valence-corrected chi connectivity index (χ3v) is 2.78. The first-order valence-electron chi connectivity index (χ1n) is 5.70. The van der Waals surface area contributed by atoms with Crippen LogP contribution in [0.5, 0.6) is 11.5 Å². The Morgan fingerprint density at radius 3 is 2.68 bits per heavy atom. The highest BCUT2D eigenvalue weighted by Gasteiger charge is 2.11. The van der Waals surface area contributed by atoms with Crippen molar-refractivity contribution in [3.05, 3.63) is 40.2 Å². The van der Waals surface area contributed by atoms with Gasteiger partial charge in [-0.3, -0.25) is 4.79 Å². The van der Waals surface area contributed by atoms with E-state index < -0.39 is 0 Å². The minimum Gasteiger partial charge on any atom is -0.497 e. The minimum atomic E-state index is -0.284. The molecule has 1 aromatic carbocycles. The second kappa shape index (κ2) is 5.53. The average Bonchev–Trinajstić information content (AvgIpc) is 2.47. The van der Waals surface area contributed by atoms with E-state index in [0.29, 0.717) is 22.8 Å². The van der Waals surface area contributed by atoms with Crippen LogP contribution in [0, 0.1) is 0 Å². The van der Waals surface area contributed by atoms with E-state index in [2.05, 4.69) is 10.2 Å². The van der Waals surface area contributed by atoms with E-state index in [9.17, 15) is 4.79 Å². The molecule has 0 amide bonds. The van der Waals surface area contributed by atoms with Crippen molar-refractivity contribution in [2.24, 2.45) is 5.73 Å². The number of hydrogen-bond acceptors (Lipinski definition) is 5. The van der Waals surface area contributed by atoms with E-state index in [1.54, 1.807) is 38.5 Å². The Morgan fingerprint density at radius 2 is 2.05 bits per heavy atom. The Balaban J connectivity index is 2.59. The van der Waals surface area contributed by atoms with Crippen molar-refractivity contribution in [1.82, 2.24) is 10.2 Å². The van der Waals surface area contributed by atoms with Gasteiger partial charge in [0.25, 0.3) is 5.56 Å². The zero-order valence-electron chi connectivity index (χ0n) is 10.8. The van der Waals surface area contributed by atoms with Gasteiger partial charge in [-0.15, -0.1) is 0 Å². The van der Waals surface area contributed by atoms with Gasteiger partial charge in [0.1, 0.15) is 11.5 Å². The summed E-state index contributed by atoms with van der Waals surface area (Å²) in [5, 5.41) is 6.44. The van der Waals surface area contributed by atoms with Crippen molar-refractivity contribution < 1.29 is 9.47 Å². The van der Waals surface area contributed by atoms with Crippen LogP contribution in [-0.2, 0) is 6.54 Å². The number of nitrogens with two attached hydrogens (primary N) is 1. The van der Waals surface area contributed by atoms with Crippen LogP contribution in [0.1, 0.15) is 5.56 Å². The van der Waals surface area contributed by atoms with Crippen molar-refractivity contribution >= 4 is 0 Å². The summed E-state index contributed by atoms with van der Waals surface area (Å²) < 4.78 is 10.5. The predicted octanol–water partition coefficient (Wildman–Crippen LogP) is 0.913. The highest BCUT2D eigenvalue weighted by atomic mass is 16.5. The second-order valence-electron chi connectivity index (χ2n) is 3.88. The molecule has 3 N–H and O–H groups in total. The summed E-state index contributed by atoms with van der Waals surface area (Å²) in [6.07, 6.45) is 0. The van der Waals surface area contributed by atoms with Gasteiger partial charge in [-0.1, -0.05) is 0 Å². The summed E-state index contributed by atoms with van der Waals surface area (Å²) in [6, 6.07) is 7.01. The van der Waals surface area contributed by atoms with Crippen molar-refractivity contribution in [2.75, 3.05) is 14.2 Å². The average molecular weight is 261 g/mol. The number of rotatable bonds is 4. The summed E-state index contributed by atoms with van der Waals surface area (Å²) in [5.74, 6) is 1.32. The van der Waals surface area contributed by atoms with E-state index in [4.69, 9.17) is 15.2 Å². The number of methoxy groups -OCH3 is 2. The van der Waals surface area contributed by atoms with Gasteiger partial charge in [-0.05, 0) is 24.3 Å². The second-order valence-corrected chi connectivity index (χ2v) is 3.88. The molecule has 2 rings (SSSR count). The zero-order chi connectivity index (χ0) is 13.8. The summed E-state index contributed by atoms with van der Waals surface area (Å²) in [5.41, 5.74) is 7.01.